The average Bonchev–Trinajstić information content (AvgIpc) is 2.88. The molecular formula is C17H27N3OS. The van der Waals surface area contributed by atoms with Crippen LogP contribution in [0.3, 0.4) is 0 Å². The standard InChI is InChI=1S/C17H27N3OS/c1-12(2)14-20-13(10-22-14)4-7-19-15(21)16(3)11-17(16)5-8-18-9-6-17/h10,12,18H,4-9,11H2,1-3H3,(H,19,21). The van der Waals surface area contributed by atoms with Crippen molar-refractivity contribution >= 4 is 17.2 Å². The van der Waals surface area contributed by atoms with Gasteiger partial charge in [0, 0.05) is 24.3 Å². The van der Waals surface area contributed by atoms with Gasteiger partial charge in [-0.3, -0.25) is 4.79 Å². The lowest BCUT2D eigenvalue weighted by Crippen LogP contribution is -2.39. The number of carbonyl (C=O) groups is 1. The first-order valence-corrected chi connectivity index (χ1v) is 9.28. The van der Waals surface area contributed by atoms with Crippen molar-refractivity contribution in [3.63, 3.8) is 0 Å². The molecule has 5 heteroatoms. The van der Waals surface area contributed by atoms with Crippen LogP contribution in [0.15, 0.2) is 5.38 Å². The summed E-state index contributed by atoms with van der Waals surface area (Å²) >= 11 is 1.72. The van der Waals surface area contributed by atoms with E-state index in [1.54, 1.807) is 11.3 Å². The van der Waals surface area contributed by atoms with E-state index in [-0.39, 0.29) is 16.7 Å². The molecule has 1 saturated carbocycles. The van der Waals surface area contributed by atoms with Crippen molar-refractivity contribution in [2.24, 2.45) is 10.8 Å². The molecule has 4 nitrogen and oxygen atoms in total. The van der Waals surface area contributed by atoms with Gasteiger partial charge in [-0.25, -0.2) is 4.98 Å². The lowest BCUT2D eigenvalue weighted by molar-refractivity contribution is -0.127. The molecule has 122 valence electrons. The van der Waals surface area contributed by atoms with Crippen LogP contribution in [-0.2, 0) is 11.2 Å². The molecule has 22 heavy (non-hydrogen) atoms. The monoisotopic (exact) mass is 321 g/mol. The zero-order chi connectivity index (χ0) is 15.8. The normalized spacial score (nSPS) is 26.4. The number of rotatable bonds is 5. The maximum atomic E-state index is 12.6. The summed E-state index contributed by atoms with van der Waals surface area (Å²) in [4.78, 5) is 17.2. The Balaban J connectivity index is 1.48. The highest BCUT2D eigenvalue weighted by atomic mass is 32.1. The van der Waals surface area contributed by atoms with Crippen LogP contribution in [0.1, 0.15) is 56.7 Å². The number of thiazole rings is 1. The number of nitrogens with one attached hydrogen (secondary N) is 2. The molecule has 1 spiro atoms. The quantitative estimate of drug-likeness (QED) is 0.877. The highest BCUT2D eigenvalue weighted by Crippen LogP contribution is 2.68. The number of amides is 1. The Hall–Kier alpha value is -0.940. The molecule has 0 bridgehead atoms. The van der Waals surface area contributed by atoms with E-state index in [4.69, 9.17) is 0 Å². The van der Waals surface area contributed by atoms with Gasteiger partial charge >= 0.3 is 0 Å². The minimum Gasteiger partial charge on any atom is -0.355 e. The van der Waals surface area contributed by atoms with E-state index in [1.807, 2.05) is 0 Å². The zero-order valence-electron chi connectivity index (χ0n) is 13.9. The summed E-state index contributed by atoms with van der Waals surface area (Å²) in [6.45, 7) is 9.28. The molecule has 2 fully saturated rings. The van der Waals surface area contributed by atoms with Crippen molar-refractivity contribution in [3.8, 4) is 0 Å². The van der Waals surface area contributed by atoms with E-state index >= 15 is 0 Å². The fourth-order valence-corrected chi connectivity index (χ4v) is 4.66. The molecular weight excluding hydrogens is 294 g/mol. The van der Waals surface area contributed by atoms with Crippen LogP contribution < -0.4 is 10.6 Å². The summed E-state index contributed by atoms with van der Waals surface area (Å²) in [6, 6.07) is 0. The molecule has 2 heterocycles. The molecule has 0 aromatic carbocycles. The minimum atomic E-state index is -0.139. The predicted octanol–water partition coefficient (Wildman–Crippen LogP) is 2.71. The van der Waals surface area contributed by atoms with Crippen molar-refractivity contribution in [1.82, 2.24) is 15.6 Å². The molecule has 1 amide bonds. The Morgan fingerprint density at radius 1 is 1.45 bits per heavy atom. The first kappa shape index (κ1) is 15.9. The molecule has 1 atom stereocenters. The van der Waals surface area contributed by atoms with Gasteiger partial charge < -0.3 is 10.6 Å². The number of aromatic nitrogens is 1. The molecule has 2 N–H and O–H groups in total. The van der Waals surface area contributed by atoms with Crippen LogP contribution in [0.4, 0.5) is 0 Å². The number of hydrogen-bond acceptors (Lipinski definition) is 4. The van der Waals surface area contributed by atoms with Crippen molar-refractivity contribution in [1.29, 1.82) is 0 Å². The largest absolute Gasteiger partial charge is 0.355 e. The number of carbonyl (C=O) groups excluding carboxylic acids is 1. The van der Waals surface area contributed by atoms with E-state index < -0.39 is 0 Å². The smallest absolute Gasteiger partial charge is 0.226 e. The molecule has 3 rings (SSSR count). The topological polar surface area (TPSA) is 54.0 Å². The van der Waals surface area contributed by atoms with Crippen LogP contribution in [0.2, 0.25) is 0 Å². The Labute approximate surface area is 137 Å². The summed E-state index contributed by atoms with van der Waals surface area (Å²) in [7, 11) is 0. The molecule has 1 aliphatic carbocycles. The Bertz CT molecular complexity index is 548. The van der Waals surface area contributed by atoms with E-state index in [1.165, 1.54) is 5.01 Å². The van der Waals surface area contributed by atoms with Crippen molar-refractivity contribution in [2.45, 2.75) is 52.4 Å². The zero-order valence-corrected chi connectivity index (χ0v) is 14.7. The van der Waals surface area contributed by atoms with Crippen molar-refractivity contribution in [2.75, 3.05) is 19.6 Å². The lowest BCUT2D eigenvalue weighted by atomic mass is 9.85. The molecule has 1 aromatic heterocycles. The highest BCUT2D eigenvalue weighted by Gasteiger charge is 2.67. The van der Waals surface area contributed by atoms with Crippen LogP contribution in [0.5, 0.6) is 0 Å². The maximum absolute atomic E-state index is 12.6. The third kappa shape index (κ3) is 2.81. The predicted molar refractivity (Wildman–Crippen MR) is 90.2 cm³/mol. The van der Waals surface area contributed by atoms with E-state index in [9.17, 15) is 4.79 Å². The highest BCUT2D eigenvalue weighted by molar-refractivity contribution is 7.09. The summed E-state index contributed by atoms with van der Waals surface area (Å²) in [5.74, 6) is 0.729. The maximum Gasteiger partial charge on any atom is 0.226 e. The van der Waals surface area contributed by atoms with Gasteiger partial charge in [-0.1, -0.05) is 20.8 Å². The minimum absolute atomic E-state index is 0.139. The van der Waals surface area contributed by atoms with Gasteiger partial charge in [0.05, 0.1) is 16.1 Å². The second-order valence-electron chi connectivity index (χ2n) is 7.38. The SMILES string of the molecule is CC(C)c1nc(CCNC(=O)C2(C)CC23CCNCC3)cs1. The van der Waals surface area contributed by atoms with Gasteiger partial charge in [0.1, 0.15) is 0 Å². The third-order valence-electron chi connectivity index (χ3n) is 5.53. The first-order valence-electron chi connectivity index (χ1n) is 8.40. The van der Waals surface area contributed by atoms with Gasteiger partial charge in [-0.15, -0.1) is 11.3 Å². The second kappa shape index (κ2) is 5.93. The van der Waals surface area contributed by atoms with E-state index in [0.29, 0.717) is 12.5 Å². The molecule has 1 saturated heterocycles. The van der Waals surface area contributed by atoms with Gasteiger partial charge in [-0.05, 0) is 37.8 Å². The fourth-order valence-electron chi connectivity index (χ4n) is 3.79. The van der Waals surface area contributed by atoms with Crippen molar-refractivity contribution in [3.05, 3.63) is 16.1 Å². The van der Waals surface area contributed by atoms with E-state index in [2.05, 4.69) is 41.8 Å². The Morgan fingerprint density at radius 3 is 2.82 bits per heavy atom. The molecule has 1 aliphatic heterocycles. The molecule has 1 unspecified atom stereocenters. The Kier molecular flexibility index (Phi) is 4.29. The summed E-state index contributed by atoms with van der Waals surface area (Å²) < 4.78 is 0. The number of nitrogens with zero attached hydrogens (tertiary/aromatic N) is 1. The Morgan fingerprint density at radius 2 is 2.18 bits per heavy atom. The van der Waals surface area contributed by atoms with Crippen LogP contribution in [0.25, 0.3) is 0 Å². The number of hydrogen-bond donors (Lipinski definition) is 2. The average molecular weight is 321 g/mol. The lowest BCUT2D eigenvalue weighted by Gasteiger charge is -2.27. The summed E-state index contributed by atoms with van der Waals surface area (Å²) in [5, 5.41) is 9.85. The van der Waals surface area contributed by atoms with Crippen molar-refractivity contribution < 1.29 is 4.79 Å². The first-order chi connectivity index (χ1) is 10.5. The van der Waals surface area contributed by atoms with Gasteiger partial charge in [0.15, 0.2) is 0 Å². The van der Waals surface area contributed by atoms with Crippen LogP contribution in [0, 0.1) is 10.8 Å². The molecule has 2 aliphatic rings. The second-order valence-corrected chi connectivity index (χ2v) is 8.27. The number of piperidine rings is 1. The third-order valence-corrected chi connectivity index (χ3v) is 6.72. The summed E-state index contributed by atoms with van der Waals surface area (Å²) in [5.41, 5.74) is 1.24. The summed E-state index contributed by atoms with van der Waals surface area (Å²) in [6.07, 6.45) is 4.17. The fraction of sp³-hybridized carbons (Fsp3) is 0.765. The van der Waals surface area contributed by atoms with Gasteiger partial charge in [0.2, 0.25) is 5.91 Å². The van der Waals surface area contributed by atoms with Crippen LogP contribution >= 0.6 is 11.3 Å². The van der Waals surface area contributed by atoms with Gasteiger partial charge in [-0.2, -0.15) is 0 Å². The van der Waals surface area contributed by atoms with E-state index in [0.717, 1.165) is 44.5 Å². The molecule has 1 aromatic rings. The van der Waals surface area contributed by atoms with Crippen LogP contribution in [-0.4, -0.2) is 30.5 Å². The molecule has 0 radical (unpaired) electrons. The van der Waals surface area contributed by atoms with Gasteiger partial charge in [0.25, 0.3) is 0 Å².